The first-order valence-electron chi connectivity index (χ1n) is 5.33. The minimum Gasteiger partial charge on any atom is -0.383 e. The number of hydrogen-bond acceptors (Lipinski definition) is 4. The van der Waals surface area contributed by atoms with Crippen molar-refractivity contribution in [3.8, 4) is 0 Å². The standard InChI is InChI=1S/C11H18BrN3O/c1-16-7-6-13-4-5-14-9-11-3-2-10(12)8-15-11/h2-3,8,13-14H,4-7,9H2,1H3. The van der Waals surface area contributed by atoms with Crippen molar-refractivity contribution in [3.63, 3.8) is 0 Å². The molecule has 0 fully saturated rings. The predicted molar refractivity (Wildman–Crippen MR) is 68.4 cm³/mol. The van der Waals surface area contributed by atoms with Gasteiger partial charge in [0.25, 0.3) is 0 Å². The van der Waals surface area contributed by atoms with Crippen molar-refractivity contribution in [3.05, 3.63) is 28.5 Å². The molecular weight excluding hydrogens is 270 g/mol. The quantitative estimate of drug-likeness (QED) is 0.705. The summed E-state index contributed by atoms with van der Waals surface area (Å²) in [6.45, 7) is 4.34. The third kappa shape index (κ3) is 6.17. The zero-order chi connectivity index (χ0) is 11.6. The summed E-state index contributed by atoms with van der Waals surface area (Å²) in [4.78, 5) is 4.28. The molecule has 90 valence electrons. The fraction of sp³-hybridized carbons (Fsp3) is 0.545. The Morgan fingerprint density at radius 1 is 1.25 bits per heavy atom. The van der Waals surface area contributed by atoms with E-state index in [1.807, 2.05) is 18.3 Å². The summed E-state index contributed by atoms with van der Waals surface area (Å²) < 4.78 is 5.94. The van der Waals surface area contributed by atoms with Crippen LogP contribution in [0.15, 0.2) is 22.8 Å². The molecule has 2 N–H and O–H groups in total. The lowest BCUT2D eigenvalue weighted by atomic mass is 10.3. The Labute approximate surface area is 105 Å². The Kier molecular flexibility index (Phi) is 7.33. The van der Waals surface area contributed by atoms with E-state index in [9.17, 15) is 0 Å². The number of hydrogen-bond donors (Lipinski definition) is 2. The highest BCUT2D eigenvalue weighted by Gasteiger charge is 1.93. The van der Waals surface area contributed by atoms with Gasteiger partial charge in [-0.2, -0.15) is 0 Å². The summed E-state index contributed by atoms with van der Waals surface area (Å²) >= 11 is 3.36. The summed E-state index contributed by atoms with van der Waals surface area (Å²) in [6, 6.07) is 4.01. The predicted octanol–water partition coefficient (Wildman–Crippen LogP) is 1.17. The maximum atomic E-state index is 4.93. The number of rotatable bonds is 8. The van der Waals surface area contributed by atoms with E-state index in [4.69, 9.17) is 4.74 Å². The Morgan fingerprint density at radius 2 is 2.06 bits per heavy atom. The first kappa shape index (κ1) is 13.6. The average molecular weight is 288 g/mol. The van der Waals surface area contributed by atoms with Crippen LogP contribution in [0.5, 0.6) is 0 Å². The lowest BCUT2D eigenvalue weighted by Gasteiger charge is -2.05. The summed E-state index contributed by atoms with van der Waals surface area (Å²) in [7, 11) is 1.71. The molecule has 0 amide bonds. The van der Waals surface area contributed by atoms with Crippen molar-refractivity contribution < 1.29 is 4.74 Å². The number of halogens is 1. The van der Waals surface area contributed by atoms with Crippen LogP contribution in [0.3, 0.4) is 0 Å². The van der Waals surface area contributed by atoms with E-state index >= 15 is 0 Å². The van der Waals surface area contributed by atoms with Gasteiger partial charge in [0.1, 0.15) is 0 Å². The van der Waals surface area contributed by atoms with Gasteiger partial charge in [0, 0.05) is 44.0 Å². The summed E-state index contributed by atoms with van der Waals surface area (Å²) in [5, 5.41) is 6.58. The van der Waals surface area contributed by atoms with E-state index < -0.39 is 0 Å². The fourth-order valence-corrected chi connectivity index (χ4v) is 1.44. The third-order valence-corrected chi connectivity index (χ3v) is 2.53. The van der Waals surface area contributed by atoms with E-state index in [1.54, 1.807) is 7.11 Å². The normalized spacial score (nSPS) is 10.6. The number of pyridine rings is 1. The molecule has 0 saturated carbocycles. The summed E-state index contributed by atoms with van der Waals surface area (Å²) in [5.74, 6) is 0. The van der Waals surface area contributed by atoms with Crippen LogP contribution in [0.4, 0.5) is 0 Å². The Bertz CT molecular complexity index is 279. The van der Waals surface area contributed by atoms with E-state index in [-0.39, 0.29) is 0 Å². The van der Waals surface area contributed by atoms with Gasteiger partial charge in [-0.15, -0.1) is 0 Å². The molecule has 0 atom stereocenters. The largest absolute Gasteiger partial charge is 0.383 e. The molecular formula is C11H18BrN3O. The second-order valence-corrected chi connectivity index (χ2v) is 4.30. The highest BCUT2D eigenvalue weighted by molar-refractivity contribution is 9.10. The Hall–Kier alpha value is -0.490. The van der Waals surface area contributed by atoms with Crippen molar-refractivity contribution >= 4 is 15.9 Å². The summed E-state index contributed by atoms with van der Waals surface area (Å²) in [6.07, 6.45) is 1.81. The van der Waals surface area contributed by atoms with Gasteiger partial charge in [-0.1, -0.05) is 0 Å². The zero-order valence-corrected chi connectivity index (χ0v) is 11.1. The van der Waals surface area contributed by atoms with Gasteiger partial charge in [0.15, 0.2) is 0 Å². The van der Waals surface area contributed by atoms with E-state index in [0.29, 0.717) is 0 Å². The van der Waals surface area contributed by atoms with Crippen molar-refractivity contribution in [1.29, 1.82) is 0 Å². The first-order chi connectivity index (χ1) is 7.83. The zero-order valence-electron chi connectivity index (χ0n) is 9.50. The van der Waals surface area contributed by atoms with Crippen LogP contribution in [0, 0.1) is 0 Å². The molecule has 0 saturated heterocycles. The molecule has 1 aromatic rings. The van der Waals surface area contributed by atoms with Crippen molar-refractivity contribution in [2.75, 3.05) is 33.4 Å². The number of methoxy groups -OCH3 is 1. The van der Waals surface area contributed by atoms with Crippen LogP contribution in [0.1, 0.15) is 5.69 Å². The van der Waals surface area contributed by atoms with Gasteiger partial charge in [-0.25, -0.2) is 0 Å². The van der Waals surface area contributed by atoms with Crippen molar-refractivity contribution in [1.82, 2.24) is 15.6 Å². The Morgan fingerprint density at radius 3 is 2.75 bits per heavy atom. The minimum absolute atomic E-state index is 0.758. The monoisotopic (exact) mass is 287 g/mol. The Balaban J connectivity index is 2.01. The van der Waals surface area contributed by atoms with E-state index in [0.717, 1.165) is 43.0 Å². The maximum Gasteiger partial charge on any atom is 0.0587 e. The third-order valence-electron chi connectivity index (χ3n) is 2.06. The van der Waals surface area contributed by atoms with Crippen molar-refractivity contribution in [2.24, 2.45) is 0 Å². The molecule has 4 nitrogen and oxygen atoms in total. The van der Waals surface area contributed by atoms with Gasteiger partial charge in [0.05, 0.1) is 12.3 Å². The van der Waals surface area contributed by atoms with Gasteiger partial charge in [0.2, 0.25) is 0 Å². The highest BCUT2D eigenvalue weighted by Crippen LogP contribution is 2.06. The van der Waals surface area contributed by atoms with Crippen LogP contribution in [0.25, 0.3) is 0 Å². The SMILES string of the molecule is COCCNCCNCc1ccc(Br)cn1. The molecule has 0 radical (unpaired) electrons. The van der Waals surface area contributed by atoms with Gasteiger partial charge in [-0.05, 0) is 28.1 Å². The van der Waals surface area contributed by atoms with Crippen LogP contribution in [-0.4, -0.2) is 38.3 Å². The lowest BCUT2D eigenvalue weighted by molar-refractivity contribution is 0.199. The molecule has 0 aliphatic rings. The molecule has 0 bridgehead atoms. The molecule has 0 aliphatic heterocycles. The first-order valence-corrected chi connectivity index (χ1v) is 6.13. The fourth-order valence-electron chi connectivity index (χ4n) is 1.20. The molecule has 1 heterocycles. The molecule has 16 heavy (non-hydrogen) atoms. The van der Waals surface area contributed by atoms with Gasteiger partial charge in [-0.3, -0.25) is 4.98 Å². The van der Waals surface area contributed by atoms with Crippen molar-refractivity contribution in [2.45, 2.75) is 6.54 Å². The molecule has 0 aromatic carbocycles. The average Bonchev–Trinajstić information content (AvgIpc) is 2.30. The molecule has 1 rings (SSSR count). The molecule has 0 aliphatic carbocycles. The second-order valence-electron chi connectivity index (χ2n) is 3.39. The number of nitrogens with one attached hydrogen (secondary N) is 2. The molecule has 5 heteroatoms. The van der Waals surface area contributed by atoms with Gasteiger partial charge >= 0.3 is 0 Å². The van der Waals surface area contributed by atoms with E-state index in [1.165, 1.54) is 0 Å². The highest BCUT2D eigenvalue weighted by atomic mass is 79.9. The lowest BCUT2D eigenvalue weighted by Crippen LogP contribution is -2.29. The molecule has 1 aromatic heterocycles. The maximum absolute atomic E-state index is 4.93. The number of ether oxygens (including phenoxy) is 1. The number of nitrogens with zero attached hydrogens (tertiary/aromatic N) is 1. The topological polar surface area (TPSA) is 46.2 Å². The van der Waals surface area contributed by atoms with Crippen LogP contribution < -0.4 is 10.6 Å². The minimum atomic E-state index is 0.758. The van der Waals surface area contributed by atoms with Crippen LogP contribution in [0.2, 0.25) is 0 Å². The second kappa shape index (κ2) is 8.64. The van der Waals surface area contributed by atoms with E-state index in [2.05, 4.69) is 31.5 Å². The number of aromatic nitrogens is 1. The molecule has 0 spiro atoms. The smallest absolute Gasteiger partial charge is 0.0587 e. The van der Waals surface area contributed by atoms with Crippen LogP contribution >= 0.6 is 15.9 Å². The van der Waals surface area contributed by atoms with Gasteiger partial charge < -0.3 is 15.4 Å². The molecule has 0 unspecified atom stereocenters. The van der Waals surface area contributed by atoms with Crippen LogP contribution in [-0.2, 0) is 11.3 Å². The summed E-state index contributed by atoms with van der Waals surface area (Å²) in [5.41, 5.74) is 1.06.